The molecular formula is C25H28FN3O2. The van der Waals surface area contributed by atoms with Gasteiger partial charge in [0.25, 0.3) is 5.91 Å². The Hall–Kier alpha value is -2.47. The van der Waals surface area contributed by atoms with Gasteiger partial charge in [-0.1, -0.05) is 18.1 Å². The molecular weight excluding hydrogens is 393 g/mol. The van der Waals surface area contributed by atoms with Crippen LogP contribution in [-0.2, 0) is 0 Å². The molecule has 4 aliphatic rings. The number of likely N-dealkylation sites (tertiary alicyclic amines) is 1. The van der Waals surface area contributed by atoms with Crippen molar-refractivity contribution < 1.29 is 9.18 Å². The fourth-order valence-electron chi connectivity index (χ4n) is 6.71. The lowest BCUT2D eigenvalue weighted by Crippen LogP contribution is -2.60. The van der Waals surface area contributed by atoms with E-state index in [0.717, 1.165) is 32.4 Å². The molecule has 5 nitrogen and oxygen atoms in total. The molecule has 4 atom stereocenters. The summed E-state index contributed by atoms with van der Waals surface area (Å²) in [7, 11) is 0. The average Bonchev–Trinajstić information content (AvgIpc) is 2.79. The first-order chi connectivity index (χ1) is 15.1. The van der Waals surface area contributed by atoms with Crippen LogP contribution in [0.3, 0.4) is 0 Å². The number of nitrogens with one attached hydrogen (secondary N) is 1. The number of benzene rings is 1. The van der Waals surface area contributed by atoms with E-state index in [4.69, 9.17) is 0 Å². The largest absolute Gasteiger partial charge is 0.360 e. The number of aromatic nitrogens is 1. The van der Waals surface area contributed by atoms with E-state index in [1.165, 1.54) is 43.2 Å². The second-order valence-electron chi connectivity index (χ2n) is 9.73. The molecule has 2 aromatic rings. The van der Waals surface area contributed by atoms with Crippen molar-refractivity contribution in [1.29, 1.82) is 0 Å². The molecule has 0 saturated carbocycles. The maximum atomic E-state index is 13.7. The minimum Gasteiger partial charge on any atom is -0.360 e. The lowest BCUT2D eigenvalue weighted by atomic mass is 9.68. The van der Waals surface area contributed by atoms with E-state index in [2.05, 4.69) is 16.0 Å². The van der Waals surface area contributed by atoms with E-state index in [-0.39, 0.29) is 28.3 Å². The molecule has 1 aromatic heterocycles. The van der Waals surface area contributed by atoms with E-state index in [0.29, 0.717) is 29.9 Å². The van der Waals surface area contributed by atoms with Crippen LogP contribution in [0.25, 0.3) is 10.9 Å². The lowest BCUT2D eigenvalue weighted by Gasteiger charge is -2.54. The fourth-order valence-corrected chi connectivity index (χ4v) is 6.71. The zero-order valence-corrected chi connectivity index (χ0v) is 17.6. The number of hydrogen-bond acceptors (Lipinski definition) is 3. The maximum absolute atomic E-state index is 13.7. The summed E-state index contributed by atoms with van der Waals surface area (Å²) >= 11 is 0. The molecule has 3 aliphatic heterocycles. The molecule has 0 spiro atoms. The summed E-state index contributed by atoms with van der Waals surface area (Å²) in [5.74, 6) is 0.345. The highest BCUT2D eigenvalue weighted by molar-refractivity contribution is 5.97. The number of nitrogens with zero attached hydrogens (tertiary/aromatic N) is 2. The van der Waals surface area contributed by atoms with Crippen LogP contribution in [0.15, 0.2) is 40.8 Å². The average molecular weight is 422 g/mol. The number of rotatable bonds is 1. The second-order valence-corrected chi connectivity index (χ2v) is 9.73. The number of H-pyrrole nitrogens is 1. The lowest BCUT2D eigenvalue weighted by molar-refractivity contribution is 0.00143. The molecule has 4 heterocycles. The Kier molecular flexibility index (Phi) is 4.53. The summed E-state index contributed by atoms with van der Waals surface area (Å²) in [5, 5.41) is 0.233. The predicted octanol–water partition coefficient (Wildman–Crippen LogP) is 3.70. The summed E-state index contributed by atoms with van der Waals surface area (Å²) in [6.45, 7) is 2.88. The van der Waals surface area contributed by atoms with Crippen molar-refractivity contribution in [3.63, 3.8) is 0 Å². The number of piperidine rings is 3. The van der Waals surface area contributed by atoms with Gasteiger partial charge in [0.1, 0.15) is 11.4 Å². The van der Waals surface area contributed by atoms with Crippen molar-refractivity contribution in [2.45, 2.75) is 50.6 Å². The summed E-state index contributed by atoms with van der Waals surface area (Å²) < 4.78 is 13.7. The zero-order valence-electron chi connectivity index (χ0n) is 17.6. The normalized spacial score (nSPS) is 30.5. The predicted molar refractivity (Wildman–Crippen MR) is 117 cm³/mol. The van der Waals surface area contributed by atoms with Gasteiger partial charge in [0, 0.05) is 36.2 Å². The van der Waals surface area contributed by atoms with Gasteiger partial charge < -0.3 is 9.88 Å². The van der Waals surface area contributed by atoms with Crippen LogP contribution in [0, 0.1) is 17.7 Å². The van der Waals surface area contributed by atoms with Crippen molar-refractivity contribution in [3.05, 3.63) is 57.6 Å². The van der Waals surface area contributed by atoms with Crippen LogP contribution >= 0.6 is 0 Å². The molecule has 6 heteroatoms. The molecule has 2 unspecified atom stereocenters. The van der Waals surface area contributed by atoms with Crippen molar-refractivity contribution in [3.8, 4) is 0 Å². The van der Waals surface area contributed by atoms with Gasteiger partial charge in [-0.15, -0.1) is 0 Å². The number of pyridine rings is 1. The number of carbonyl (C=O) groups excluding carboxylic acids is 1. The Morgan fingerprint density at radius 2 is 2.06 bits per heavy atom. The van der Waals surface area contributed by atoms with Crippen LogP contribution in [0.2, 0.25) is 0 Å². The van der Waals surface area contributed by atoms with Crippen molar-refractivity contribution in [1.82, 2.24) is 14.8 Å². The Bertz CT molecular complexity index is 1140. The van der Waals surface area contributed by atoms with Gasteiger partial charge in [0.2, 0.25) is 5.43 Å². The van der Waals surface area contributed by atoms with Crippen LogP contribution < -0.4 is 5.43 Å². The zero-order chi connectivity index (χ0) is 21.1. The van der Waals surface area contributed by atoms with E-state index in [9.17, 15) is 14.0 Å². The van der Waals surface area contributed by atoms with Gasteiger partial charge in [0.05, 0.1) is 6.04 Å². The molecule has 2 bridgehead atoms. The third-order valence-corrected chi connectivity index (χ3v) is 7.99. The maximum Gasteiger partial charge on any atom is 0.259 e. The number of aromatic amines is 1. The van der Waals surface area contributed by atoms with E-state index in [1.54, 1.807) is 6.07 Å². The number of fused-ring (bicyclic) bond motifs is 7. The van der Waals surface area contributed by atoms with Crippen LogP contribution in [0.5, 0.6) is 0 Å². The van der Waals surface area contributed by atoms with Gasteiger partial charge in [-0.25, -0.2) is 4.39 Å². The third kappa shape index (κ3) is 3.06. The molecule has 1 amide bonds. The van der Waals surface area contributed by atoms with Crippen molar-refractivity contribution in [2.75, 3.05) is 19.6 Å². The molecule has 3 saturated heterocycles. The molecule has 31 heavy (non-hydrogen) atoms. The third-order valence-electron chi connectivity index (χ3n) is 7.99. The summed E-state index contributed by atoms with van der Waals surface area (Å²) in [6, 6.07) is 4.83. The summed E-state index contributed by atoms with van der Waals surface area (Å²) in [5.41, 5.74) is 1.68. The number of amides is 1. The van der Waals surface area contributed by atoms with Gasteiger partial charge in [-0.05, 0) is 68.7 Å². The van der Waals surface area contributed by atoms with Gasteiger partial charge in [0.15, 0.2) is 0 Å². The smallest absolute Gasteiger partial charge is 0.259 e. The van der Waals surface area contributed by atoms with E-state index in [1.807, 2.05) is 4.90 Å². The second kappa shape index (κ2) is 7.30. The van der Waals surface area contributed by atoms with Gasteiger partial charge in [-0.2, -0.15) is 0 Å². The summed E-state index contributed by atoms with van der Waals surface area (Å²) in [4.78, 5) is 34.3. The number of carbonyl (C=O) groups is 1. The first kappa shape index (κ1) is 19.2. The Balaban J connectivity index is 1.37. The monoisotopic (exact) mass is 421 g/mol. The van der Waals surface area contributed by atoms with E-state index < -0.39 is 5.82 Å². The Morgan fingerprint density at radius 1 is 1.16 bits per heavy atom. The molecule has 1 aromatic carbocycles. The SMILES string of the molecule is O=C(c1c[nH]c2ccc(F)cc2c1=O)N1CCCC2=C[C@@H]3C[C@@H](CN4CCCCC34)C21. The molecule has 3 fully saturated rings. The topological polar surface area (TPSA) is 56.4 Å². The molecule has 0 radical (unpaired) electrons. The van der Waals surface area contributed by atoms with Crippen molar-refractivity contribution >= 4 is 16.8 Å². The first-order valence-electron chi connectivity index (χ1n) is 11.7. The van der Waals surface area contributed by atoms with Gasteiger partial charge in [-0.3, -0.25) is 14.5 Å². The van der Waals surface area contributed by atoms with Crippen LogP contribution in [-0.4, -0.2) is 52.4 Å². The van der Waals surface area contributed by atoms with Gasteiger partial charge >= 0.3 is 0 Å². The minimum absolute atomic E-state index is 0.0861. The quantitative estimate of drug-likeness (QED) is 0.715. The van der Waals surface area contributed by atoms with Crippen LogP contribution in [0.4, 0.5) is 4.39 Å². The molecule has 6 rings (SSSR count). The highest BCUT2D eigenvalue weighted by atomic mass is 19.1. The van der Waals surface area contributed by atoms with Crippen molar-refractivity contribution in [2.24, 2.45) is 11.8 Å². The minimum atomic E-state index is -0.470. The van der Waals surface area contributed by atoms with E-state index >= 15 is 0 Å². The number of hydrogen-bond donors (Lipinski definition) is 1. The Labute approximate surface area is 180 Å². The summed E-state index contributed by atoms with van der Waals surface area (Å²) in [6.07, 6.45) is 11.0. The first-order valence-corrected chi connectivity index (χ1v) is 11.7. The molecule has 1 aliphatic carbocycles. The Morgan fingerprint density at radius 3 is 2.97 bits per heavy atom. The number of halogens is 1. The fraction of sp³-hybridized carbons (Fsp3) is 0.520. The highest BCUT2D eigenvalue weighted by Gasteiger charge is 2.47. The highest BCUT2D eigenvalue weighted by Crippen LogP contribution is 2.45. The standard InChI is InChI=1S/C25H28FN3O2/c26-18-6-7-21-19(12-18)24(30)20(13-27-21)25(31)29-9-3-4-15-10-16-11-17(23(15)29)14-28-8-2-1-5-22(16)28/h6-7,10,12-13,16-17,22-23H,1-5,8-9,11,14H2,(H,27,30)/t16-,17+,22?,23?/m1/s1. The van der Waals surface area contributed by atoms with Crippen LogP contribution in [0.1, 0.15) is 48.9 Å². The molecule has 1 N–H and O–H groups in total. The molecule has 162 valence electrons.